The van der Waals surface area contributed by atoms with Gasteiger partial charge in [-0.2, -0.15) is 0 Å². The molecule has 186 valence electrons. The quantitative estimate of drug-likeness (QED) is 0.384. The van der Waals surface area contributed by atoms with Crippen molar-refractivity contribution in [3.63, 3.8) is 0 Å². The van der Waals surface area contributed by atoms with E-state index in [1.807, 2.05) is 24.3 Å². The van der Waals surface area contributed by atoms with E-state index in [0.29, 0.717) is 17.1 Å². The maximum absolute atomic E-state index is 14.1. The van der Waals surface area contributed by atoms with E-state index in [2.05, 4.69) is 29.6 Å². The molecule has 0 saturated carbocycles. The first-order valence-corrected chi connectivity index (χ1v) is 12.7. The molecule has 0 unspecified atom stereocenters. The lowest BCUT2D eigenvalue weighted by atomic mass is 9.55. The number of para-hydroxylation sites is 1. The number of benzene rings is 4. The number of methoxy groups -OCH3 is 1. The second-order valence-corrected chi connectivity index (χ2v) is 9.98. The average Bonchev–Trinajstić information content (AvgIpc) is 3.23. The number of ether oxygens (including phenoxy) is 1. The van der Waals surface area contributed by atoms with Crippen molar-refractivity contribution in [1.29, 1.82) is 0 Å². The van der Waals surface area contributed by atoms with Gasteiger partial charge in [0, 0.05) is 23.6 Å². The topological polar surface area (TPSA) is 75.7 Å². The molecule has 4 aliphatic rings. The molecule has 1 heterocycles. The molecule has 4 aromatic carbocycles. The van der Waals surface area contributed by atoms with Crippen molar-refractivity contribution in [2.45, 2.75) is 11.8 Å². The highest BCUT2D eigenvalue weighted by atomic mass is 16.5. The van der Waals surface area contributed by atoms with Crippen molar-refractivity contribution in [3.8, 4) is 5.75 Å². The Kier molecular flexibility index (Phi) is 4.98. The van der Waals surface area contributed by atoms with Crippen LogP contribution in [0.1, 0.15) is 44.4 Å². The third kappa shape index (κ3) is 3.10. The lowest BCUT2D eigenvalue weighted by Crippen LogP contribution is -2.41. The molecular weight excluding hydrogens is 476 g/mol. The molecule has 4 aromatic rings. The summed E-state index contributed by atoms with van der Waals surface area (Å²) in [5.74, 6) is -1.70. The van der Waals surface area contributed by atoms with Crippen molar-refractivity contribution in [1.82, 2.24) is 0 Å². The van der Waals surface area contributed by atoms with Gasteiger partial charge >= 0.3 is 0 Å². The fourth-order valence-electron chi connectivity index (χ4n) is 6.67. The van der Waals surface area contributed by atoms with Crippen LogP contribution in [-0.2, 0) is 9.59 Å². The monoisotopic (exact) mass is 500 g/mol. The van der Waals surface area contributed by atoms with Crippen LogP contribution in [0.15, 0.2) is 97.1 Å². The Bertz CT molecular complexity index is 1530. The van der Waals surface area contributed by atoms with Gasteiger partial charge in [0.1, 0.15) is 5.75 Å². The van der Waals surface area contributed by atoms with Gasteiger partial charge in [-0.15, -0.1) is 0 Å². The van der Waals surface area contributed by atoms with Gasteiger partial charge in [0.2, 0.25) is 11.8 Å². The van der Waals surface area contributed by atoms with Crippen molar-refractivity contribution < 1.29 is 19.1 Å². The zero-order valence-electron chi connectivity index (χ0n) is 20.6. The Labute approximate surface area is 219 Å². The predicted molar refractivity (Wildman–Crippen MR) is 143 cm³/mol. The highest BCUT2D eigenvalue weighted by molar-refractivity contribution is 6.26. The average molecular weight is 501 g/mol. The molecule has 2 atom stereocenters. The van der Waals surface area contributed by atoms with Crippen molar-refractivity contribution in [2.75, 3.05) is 17.3 Å². The Morgan fingerprint density at radius 3 is 1.79 bits per heavy atom. The normalized spacial score (nSPS) is 22.5. The van der Waals surface area contributed by atoms with Gasteiger partial charge in [0.15, 0.2) is 0 Å². The Morgan fingerprint density at radius 1 is 0.711 bits per heavy atom. The standard InChI is InChI=1S/C32H24N2O4/c1-38-19-10-8-9-18(17-19)33-30(35)24-15-6-7-16-25(24)34-31(36)28-26-20-11-2-3-12-21(20)27(29(28)32(34)37)23-14-5-4-13-22(23)26/h2-17,26-29H,1H3,(H,33,35)/t26?,27?,28-,29+. The number of nitrogens with zero attached hydrogens (tertiary/aromatic N) is 1. The van der Waals surface area contributed by atoms with Crippen LogP contribution in [-0.4, -0.2) is 24.8 Å². The Balaban J connectivity index is 1.30. The van der Waals surface area contributed by atoms with Crippen LogP contribution >= 0.6 is 0 Å². The summed E-state index contributed by atoms with van der Waals surface area (Å²) in [6.45, 7) is 0. The summed E-state index contributed by atoms with van der Waals surface area (Å²) in [6.07, 6.45) is 0. The molecule has 0 aromatic heterocycles. The van der Waals surface area contributed by atoms with Gasteiger partial charge in [-0.05, 0) is 46.5 Å². The lowest BCUT2D eigenvalue weighted by Gasteiger charge is -2.45. The first kappa shape index (κ1) is 22.5. The molecule has 3 amide bonds. The molecule has 8 rings (SSSR count). The van der Waals surface area contributed by atoms with E-state index in [1.165, 1.54) is 4.90 Å². The van der Waals surface area contributed by atoms with Gasteiger partial charge in [-0.25, -0.2) is 4.90 Å². The molecule has 38 heavy (non-hydrogen) atoms. The maximum Gasteiger partial charge on any atom is 0.257 e. The summed E-state index contributed by atoms with van der Waals surface area (Å²) in [5, 5.41) is 2.88. The van der Waals surface area contributed by atoms with E-state index >= 15 is 0 Å². The maximum atomic E-state index is 14.1. The van der Waals surface area contributed by atoms with Gasteiger partial charge in [0.05, 0.1) is 30.2 Å². The molecule has 1 fully saturated rings. The van der Waals surface area contributed by atoms with Gasteiger partial charge in [-0.1, -0.05) is 66.7 Å². The number of anilines is 2. The van der Waals surface area contributed by atoms with Crippen LogP contribution in [0.3, 0.4) is 0 Å². The molecular formula is C32H24N2O4. The minimum atomic E-state index is -0.508. The summed E-state index contributed by atoms with van der Waals surface area (Å²) in [5.41, 5.74) is 5.59. The number of carbonyl (C=O) groups is 3. The van der Waals surface area contributed by atoms with Gasteiger partial charge in [0.25, 0.3) is 5.91 Å². The number of carbonyl (C=O) groups excluding carboxylic acids is 3. The molecule has 2 bridgehead atoms. The molecule has 0 radical (unpaired) electrons. The molecule has 6 heteroatoms. The van der Waals surface area contributed by atoms with E-state index in [4.69, 9.17) is 4.74 Å². The predicted octanol–water partition coefficient (Wildman–Crippen LogP) is 5.34. The summed E-state index contributed by atoms with van der Waals surface area (Å²) in [4.78, 5) is 42.9. The van der Waals surface area contributed by atoms with Gasteiger partial charge < -0.3 is 10.1 Å². The van der Waals surface area contributed by atoms with Crippen molar-refractivity contribution >= 4 is 29.1 Å². The minimum absolute atomic E-state index is 0.198. The minimum Gasteiger partial charge on any atom is -0.497 e. The number of imide groups is 1. The lowest BCUT2D eigenvalue weighted by molar-refractivity contribution is -0.122. The number of hydrogen-bond donors (Lipinski definition) is 1. The first-order chi connectivity index (χ1) is 18.6. The number of amides is 3. The Hall–Kier alpha value is -4.71. The zero-order chi connectivity index (χ0) is 26.0. The number of rotatable bonds is 4. The number of nitrogens with one attached hydrogen (secondary N) is 1. The SMILES string of the molecule is COc1cccc(NC(=O)c2ccccc2N2C(=O)[C@@H]3C4c5ccccc5C(c5ccccc54)[C@@H]3C2=O)c1. The first-order valence-electron chi connectivity index (χ1n) is 12.7. The molecule has 0 spiro atoms. The van der Waals surface area contributed by atoms with Crippen LogP contribution in [0, 0.1) is 11.8 Å². The smallest absolute Gasteiger partial charge is 0.257 e. The highest BCUT2D eigenvalue weighted by Gasteiger charge is 2.62. The summed E-state index contributed by atoms with van der Waals surface area (Å²) in [7, 11) is 1.56. The highest BCUT2D eigenvalue weighted by Crippen LogP contribution is 2.61. The van der Waals surface area contributed by atoms with E-state index in [9.17, 15) is 14.4 Å². The van der Waals surface area contributed by atoms with E-state index in [0.717, 1.165) is 22.3 Å². The molecule has 6 nitrogen and oxygen atoms in total. The summed E-state index contributed by atoms with van der Waals surface area (Å²) < 4.78 is 5.26. The fraction of sp³-hybridized carbons (Fsp3) is 0.156. The Morgan fingerprint density at radius 2 is 1.24 bits per heavy atom. The number of hydrogen-bond acceptors (Lipinski definition) is 4. The molecule has 1 saturated heterocycles. The molecule has 3 aliphatic carbocycles. The van der Waals surface area contributed by atoms with Gasteiger partial charge in [-0.3, -0.25) is 14.4 Å². The molecule has 1 aliphatic heterocycles. The van der Waals surface area contributed by atoms with Crippen LogP contribution in [0.4, 0.5) is 11.4 Å². The fourth-order valence-corrected chi connectivity index (χ4v) is 6.67. The second-order valence-electron chi connectivity index (χ2n) is 9.98. The van der Waals surface area contributed by atoms with Crippen molar-refractivity contribution in [3.05, 3.63) is 125 Å². The van der Waals surface area contributed by atoms with E-state index < -0.39 is 17.7 Å². The van der Waals surface area contributed by atoms with E-state index in [-0.39, 0.29) is 29.2 Å². The zero-order valence-corrected chi connectivity index (χ0v) is 20.6. The van der Waals surface area contributed by atoms with Crippen LogP contribution in [0.5, 0.6) is 5.75 Å². The summed E-state index contributed by atoms with van der Waals surface area (Å²) in [6, 6.07) is 30.1. The van der Waals surface area contributed by atoms with Crippen molar-refractivity contribution in [2.24, 2.45) is 11.8 Å². The third-order valence-electron chi connectivity index (χ3n) is 8.17. The third-order valence-corrected chi connectivity index (χ3v) is 8.17. The van der Waals surface area contributed by atoms with E-state index in [1.54, 1.807) is 55.6 Å². The van der Waals surface area contributed by atoms with Crippen LogP contribution < -0.4 is 15.0 Å². The van der Waals surface area contributed by atoms with Crippen LogP contribution in [0.2, 0.25) is 0 Å². The summed E-state index contributed by atoms with van der Waals surface area (Å²) >= 11 is 0. The largest absolute Gasteiger partial charge is 0.497 e. The second kappa shape index (κ2) is 8.42. The molecule has 1 N–H and O–H groups in total. The van der Waals surface area contributed by atoms with Crippen LogP contribution in [0.25, 0.3) is 0 Å².